The van der Waals surface area contributed by atoms with Gasteiger partial charge >= 0.3 is 0 Å². The molecule has 1 saturated heterocycles. The maximum absolute atomic E-state index is 12.3. The molecule has 1 aromatic carbocycles. The Morgan fingerprint density at radius 2 is 2.16 bits per heavy atom. The first-order valence-corrected chi connectivity index (χ1v) is 6.78. The molecule has 0 N–H and O–H groups in total. The van der Waals surface area contributed by atoms with Crippen molar-refractivity contribution in [1.82, 2.24) is 4.90 Å². The average molecular weight is 263 g/mol. The second kappa shape index (κ2) is 6.68. The van der Waals surface area contributed by atoms with Gasteiger partial charge in [-0.2, -0.15) is 0 Å². The van der Waals surface area contributed by atoms with E-state index in [-0.39, 0.29) is 11.9 Å². The van der Waals surface area contributed by atoms with Gasteiger partial charge in [-0.15, -0.1) is 0 Å². The fraction of sp³-hybridized carbons (Fsp3) is 0.533. The van der Waals surface area contributed by atoms with Crippen molar-refractivity contribution in [1.29, 1.82) is 0 Å². The van der Waals surface area contributed by atoms with Crippen LogP contribution in [-0.4, -0.2) is 50.1 Å². The van der Waals surface area contributed by atoms with E-state index in [0.29, 0.717) is 25.3 Å². The molecule has 0 bridgehead atoms. The smallest absolute Gasteiger partial charge is 0.192 e. The van der Waals surface area contributed by atoms with Crippen molar-refractivity contribution < 1.29 is 14.3 Å². The molecule has 19 heavy (non-hydrogen) atoms. The Labute approximate surface area is 114 Å². The van der Waals surface area contributed by atoms with Crippen LogP contribution >= 0.6 is 0 Å². The number of rotatable bonds is 5. The third-order valence-electron chi connectivity index (χ3n) is 3.17. The number of carbonyl (C=O) groups is 1. The number of nitrogens with zero attached hydrogens (tertiary/aromatic N) is 1. The lowest BCUT2D eigenvalue weighted by Crippen LogP contribution is -2.44. The van der Waals surface area contributed by atoms with Crippen LogP contribution in [0.3, 0.4) is 0 Å². The van der Waals surface area contributed by atoms with E-state index >= 15 is 0 Å². The lowest BCUT2D eigenvalue weighted by atomic mass is 10.0. The quantitative estimate of drug-likeness (QED) is 0.762. The Hall–Kier alpha value is -1.39. The van der Waals surface area contributed by atoms with E-state index in [9.17, 15) is 4.79 Å². The van der Waals surface area contributed by atoms with Gasteiger partial charge in [0, 0.05) is 18.7 Å². The minimum absolute atomic E-state index is 0.0496. The number of carbonyl (C=O) groups excluding carboxylic acids is 1. The normalized spacial score (nSPS) is 20.2. The van der Waals surface area contributed by atoms with E-state index in [1.54, 1.807) is 0 Å². The fourth-order valence-electron chi connectivity index (χ4n) is 2.06. The molecule has 1 unspecified atom stereocenters. The molecule has 0 amide bonds. The zero-order valence-corrected chi connectivity index (χ0v) is 11.6. The van der Waals surface area contributed by atoms with Gasteiger partial charge in [-0.3, -0.25) is 4.79 Å². The largest absolute Gasteiger partial charge is 0.494 e. The summed E-state index contributed by atoms with van der Waals surface area (Å²) < 4.78 is 11.0. The van der Waals surface area contributed by atoms with Gasteiger partial charge in [-0.05, 0) is 37.7 Å². The van der Waals surface area contributed by atoms with Gasteiger partial charge in [0.1, 0.15) is 11.9 Å². The van der Waals surface area contributed by atoms with E-state index in [1.165, 1.54) is 0 Å². The predicted molar refractivity (Wildman–Crippen MR) is 73.8 cm³/mol. The highest BCUT2D eigenvalue weighted by atomic mass is 16.5. The second-order valence-electron chi connectivity index (χ2n) is 4.86. The van der Waals surface area contributed by atoms with Gasteiger partial charge in [0.2, 0.25) is 0 Å². The first-order chi connectivity index (χ1) is 9.20. The lowest BCUT2D eigenvalue weighted by Gasteiger charge is -2.29. The molecule has 4 heteroatoms. The number of ether oxygens (including phenoxy) is 2. The molecule has 104 valence electrons. The van der Waals surface area contributed by atoms with Crippen molar-refractivity contribution in [3.05, 3.63) is 29.8 Å². The van der Waals surface area contributed by atoms with Crippen molar-refractivity contribution in [2.45, 2.75) is 19.4 Å². The topological polar surface area (TPSA) is 38.8 Å². The molecule has 1 heterocycles. The van der Waals surface area contributed by atoms with Gasteiger partial charge in [0.15, 0.2) is 5.78 Å². The van der Waals surface area contributed by atoms with Gasteiger partial charge < -0.3 is 14.4 Å². The van der Waals surface area contributed by atoms with Gasteiger partial charge in [0.05, 0.1) is 13.2 Å². The van der Waals surface area contributed by atoms with Crippen LogP contribution in [0, 0.1) is 0 Å². The van der Waals surface area contributed by atoms with E-state index in [4.69, 9.17) is 9.47 Å². The molecule has 2 rings (SSSR count). The molecule has 1 aliphatic rings. The summed E-state index contributed by atoms with van der Waals surface area (Å²) in [4.78, 5) is 14.4. The Balaban J connectivity index is 1.98. The van der Waals surface area contributed by atoms with Crippen molar-refractivity contribution >= 4 is 5.78 Å². The Kier molecular flexibility index (Phi) is 4.93. The minimum atomic E-state index is -0.346. The summed E-state index contributed by atoms with van der Waals surface area (Å²) in [6.45, 7) is 4.92. The van der Waals surface area contributed by atoms with Gasteiger partial charge in [-0.1, -0.05) is 6.92 Å². The van der Waals surface area contributed by atoms with Crippen LogP contribution in [0.5, 0.6) is 5.75 Å². The first-order valence-electron chi connectivity index (χ1n) is 6.78. The zero-order chi connectivity index (χ0) is 13.7. The number of ketones is 1. The fourth-order valence-corrected chi connectivity index (χ4v) is 2.06. The maximum atomic E-state index is 12.3. The number of morpholine rings is 1. The van der Waals surface area contributed by atoms with Crippen LogP contribution < -0.4 is 4.74 Å². The van der Waals surface area contributed by atoms with Crippen LogP contribution in [0.2, 0.25) is 0 Å². The third-order valence-corrected chi connectivity index (χ3v) is 3.17. The van der Waals surface area contributed by atoms with Gasteiger partial charge in [0.25, 0.3) is 0 Å². The van der Waals surface area contributed by atoms with Crippen molar-refractivity contribution in [3.8, 4) is 5.75 Å². The van der Waals surface area contributed by atoms with E-state index in [0.717, 1.165) is 18.7 Å². The highest BCUT2D eigenvalue weighted by molar-refractivity contribution is 5.99. The molecule has 1 fully saturated rings. The lowest BCUT2D eigenvalue weighted by molar-refractivity contribution is -0.00862. The van der Waals surface area contributed by atoms with E-state index < -0.39 is 0 Å². The summed E-state index contributed by atoms with van der Waals surface area (Å²) in [6, 6.07) is 7.31. The van der Waals surface area contributed by atoms with Crippen molar-refractivity contribution in [2.75, 3.05) is 33.4 Å². The number of benzene rings is 1. The summed E-state index contributed by atoms with van der Waals surface area (Å²) in [6.07, 6.45) is 0.629. The molecule has 1 aliphatic heterocycles. The summed E-state index contributed by atoms with van der Waals surface area (Å²) in [5, 5.41) is 0. The number of hydrogen-bond donors (Lipinski definition) is 0. The Morgan fingerprint density at radius 1 is 1.42 bits per heavy atom. The Bertz CT molecular complexity index is 416. The highest BCUT2D eigenvalue weighted by Gasteiger charge is 2.25. The predicted octanol–water partition coefficient (Wildman–Crippen LogP) is 1.99. The average Bonchev–Trinajstić information content (AvgIpc) is 2.45. The molecular formula is C15H21NO3. The molecule has 0 aromatic heterocycles. The van der Waals surface area contributed by atoms with Crippen molar-refractivity contribution in [2.24, 2.45) is 0 Å². The van der Waals surface area contributed by atoms with E-state index in [1.807, 2.05) is 31.3 Å². The van der Waals surface area contributed by atoms with Crippen LogP contribution in [0.1, 0.15) is 23.7 Å². The molecule has 1 aromatic rings. The third kappa shape index (κ3) is 3.78. The number of hydrogen-bond acceptors (Lipinski definition) is 4. The molecule has 0 spiro atoms. The summed E-state index contributed by atoms with van der Waals surface area (Å²) in [5.74, 6) is 0.855. The monoisotopic (exact) mass is 263 g/mol. The van der Waals surface area contributed by atoms with E-state index in [2.05, 4.69) is 11.8 Å². The minimum Gasteiger partial charge on any atom is -0.494 e. The maximum Gasteiger partial charge on any atom is 0.192 e. The number of likely N-dealkylation sites (N-methyl/N-ethyl adjacent to an activating group) is 1. The molecule has 0 saturated carbocycles. The first kappa shape index (κ1) is 14.0. The molecule has 4 nitrogen and oxygen atoms in total. The van der Waals surface area contributed by atoms with Crippen LogP contribution in [0.4, 0.5) is 0 Å². The van der Waals surface area contributed by atoms with Crippen LogP contribution in [0.25, 0.3) is 0 Å². The number of Topliss-reactive ketones (excluding diaryl/α,β-unsaturated/α-hetero) is 1. The second-order valence-corrected chi connectivity index (χ2v) is 4.86. The molecular weight excluding hydrogens is 242 g/mol. The summed E-state index contributed by atoms with van der Waals surface area (Å²) in [7, 11) is 2.00. The zero-order valence-electron chi connectivity index (χ0n) is 11.6. The molecule has 0 radical (unpaired) electrons. The van der Waals surface area contributed by atoms with Crippen LogP contribution in [-0.2, 0) is 4.74 Å². The molecule has 1 atom stereocenters. The summed E-state index contributed by atoms with van der Waals surface area (Å²) >= 11 is 0. The van der Waals surface area contributed by atoms with Gasteiger partial charge in [-0.25, -0.2) is 0 Å². The Morgan fingerprint density at radius 3 is 2.79 bits per heavy atom. The van der Waals surface area contributed by atoms with Crippen LogP contribution in [0.15, 0.2) is 24.3 Å². The summed E-state index contributed by atoms with van der Waals surface area (Å²) in [5.41, 5.74) is 0.684. The SMILES string of the molecule is CCCOc1ccc(C(=O)C2CN(C)CCO2)cc1. The van der Waals surface area contributed by atoms with Crippen molar-refractivity contribution in [3.63, 3.8) is 0 Å². The standard InChI is InChI=1S/C15H21NO3/c1-3-9-18-13-6-4-12(5-7-13)15(17)14-11-16(2)8-10-19-14/h4-7,14H,3,8-11H2,1-2H3. The molecule has 0 aliphatic carbocycles. The highest BCUT2D eigenvalue weighted by Crippen LogP contribution is 2.16.